The molecule has 0 bridgehead atoms. The molecule has 0 aliphatic rings. The van der Waals surface area contributed by atoms with Crippen molar-refractivity contribution in [3.05, 3.63) is 114 Å². The molecule has 0 unspecified atom stereocenters. The standard InChI is InChI=1S/C28H28N2O2/c1-28(2,3)32-27(31)30-26(21-14-8-5-9-15-21)18-23(20-12-6-4-7-13-20)24-19-29-25-17-11-10-16-22(24)25/h4-19,26,29H,1-3H3,(H,30,31)/b23-18+/t26-/m0/s1. The van der Waals surface area contributed by atoms with E-state index in [1.165, 1.54) is 0 Å². The average molecular weight is 425 g/mol. The number of alkyl carbamates (subject to hydrolysis) is 1. The first-order valence-corrected chi connectivity index (χ1v) is 10.8. The molecule has 0 aliphatic carbocycles. The number of H-pyrrole nitrogens is 1. The van der Waals surface area contributed by atoms with Gasteiger partial charge in [0, 0.05) is 22.7 Å². The monoisotopic (exact) mass is 424 g/mol. The molecule has 1 heterocycles. The van der Waals surface area contributed by atoms with Crippen LogP contribution in [-0.2, 0) is 4.74 Å². The molecule has 4 rings (SSSR count). The van der Waals surface area contributed by atoms with E-state index in [4.69, 9.17) is 4.74 Å². The van der Waals surface area contributed by atoms with Crippen LogP contribution in [0, 0.1) is 0 Å². The highest BCUT2D eigenvalue weighted by molar-refractivity contribution is 5.97. The van der Waals surface area contributed by atoms with Crippen LogP contribution >= 0.6 is 0 Å². The first kappa shape index (κ1) is 21.4. The SMILES string of the molecule is CC(C)(C)OC(=O)N[C@@H](/C=C(\c1ccccc1)c1c[nH]c2ccccc12)c1ccccc1. The predicted molar refractivity (Wildman–Crippen MR) is 130 cm³/mol. The van der Waals surface area contributed by atoms with Gasteiger partial charge in [-0.1, -0.05) is 78.9 Å². The Bertz CT molecular complexity index is 1220. The summed E-state index contributed by atoms with van der Waals surface area (Å²) < 4.78 is 5.55. The van der Waals surface area contributed by atoms with Crippen molar-refractivity contribution < 1.29 is 9.53 Å². The van der Waals surface area contributed by atoms with Crippen molar-refractivity contribution in [2.45, 2.75) is 32.4 Å². The summed E-state index contributed by atoms with van der Waals surface area (Å²) in [5, 5.41) is 4.18. The molecule has 0 aliphatic heterocycles. The molecule has 1 aromatic heterocycles. The van der Waals surface area contributed by atoms with Crippen molar-refractivity contribution in [3.63, 3.8) is 0 Å². The van der Waals surface area contributed by atoms with Crippen molar-refractivity contribution in [3.8, 4) is 0 Å². The van der Waals surface area contributed by atoms with E-state index in [-0.39, 0.29) is 6.04 Å². The maximum Gasteiger partial charge on any atom is 0.408 e. The Labute approximate surface area is 188 Å². The van der Waals surface area contributed by atoms with E-state index in [1.807, 2.05) is 87.6 Å². The summed E-state index contributed by atoms with van der Waals surface area (Å²) >= 11 is 0. The van der Waals surface area contributed by atoms with Crippen molar-refractivity contribution in [2.24, 2.45) is 0 Å². The molecule has 0 saturated heterocycles. The van der Waals surface area contributed by atoms with Gasteiger partial charge in [0.25, 0.3) is 0 Å². The maximum absolute atomic E-state index is 12.7. The Morgan fingerprint density at radius 2 is 1.53 bits per heavy atom. The van der Waals surface area contributed by atoms with Gasteiger partial charge in [-0.2, -0.15) is 0 Å². The number of ether oxygens (including phenoxy) is 1. The highest BCUT2D eigenvalue weighted by atomic mass is 16.6. The van der Waals surface area contributed by atoms with Crippen LogP contribution in [0.15, 0.2) is 97.2 Å². The zero-order valence-corrected chi connectivity index (χ0v) is 18.6. The number of aromatic nitrogens is 1. The van der Waals surface area contributed by atoms with E-state index in [0.717, 1.165) is 33.2 Å². The quantitative estimate of drug-likeness (QED) is 0.367. The van der Waals surface area contributed by atoms with Gasteiger partial charge in [0.1, 0.15) is 5.60 Å². The Balaban J connectivity index is 1.83. The molecule has 4 nitrogen and oxygen atoms in total. The lowest BCUT2D eigenvalue weighted by molar-refractivity contribution is 0.0514. The van der Waals surface area contributed by atoms with Gasteiger partial charge in [-0.3, -0.25) is 0 Å². The zero-order chi connectivity index (χ0) is 22.6. The fourth-order valence-corrected chi connectivity index (χ4v) is 3.74. The van der Waals surface area contributed by atoms with Gasteiger partial charge >= 0.3 is 6.09 Å². The fourth-order valence-electron chi connectivity index (χ4n) is 3.74. The molecule has 32 heavy (non-hydrogen) atoms. The number of carbonyl (C=O) groups is 1. The second-order valence-corrected chi connectivity index (χ2v) is 8.73. The molecule has 4 aromatic rings. The summed E-state index contributed by atoms with van der Waals surface area (Å²) in [6.07, 6.45) is 3.68. The van der Waals surface area contributed by atoms with Gasteiger partial charge in [-0.25, -0.2) is 4.79 Å². The van der Waals surface area contributed by atoms with Gasteiger partial charge < -0.3 is 15.0 Å². The molecule has 3 aromatic carbocycles. The summed E-state index contributed by atoms with van der Waals surface area (Å²) in [6.45, 7) is 5.59. The summed E-state index contributed by atoms with van der Waals surface area (Å²) in [4.78, 5) is 16.1. The Morgan fingerprint density at radius 3 is 2.22 bits per heavy atom. The van der Waals surface area contributed by atoms with Gasteiger partial charge in [-0.05, 0) is 49.6 Å². The van der Waals surface area contributed by atoms with E-state index < -0.39 is 11.7 Å². The van der Waals surface area contributed by atoms with Crippen molar-refractivity contribution >= 4 is 22.6 Å². The molecule has 1 atom stereocenters. The van der Waals surface area contributed by atoms with Gasteiger partial charge in [0.05, 0.1) is 6.04 Å². The topological polar surface area (TPSA) is 54.1 Å². The number of amides is 1. The average Bonchev–Trinajstić information content (AvgIpc) is 3.20. The van der Waals surface area contributed by atoms with Crippen LogP contribution in [0.25, 0.3) is 16.5 Å². The number of hydrogen-bond donors (Lipinski definition) is 2. The van der Waals surface area contributed by atoms with E-state index >= 15 is 0 Å². The molecule has 0 saturated carbocycles. The van der Waals surface area contributed by atoms with Crippen LogP contribution < -0.4 is 5.32 Å². The number of para-hydroxylation sites is 1. The number of fused-ring (bicyclic) bond motifs is 1. The van der Waals surface area contributed by atoms with Crippen LogP contribution in [0.4, 0.5) is 4.79 Å². The Hall–Kier alpha value is -3.79. The highest BCUT2D eigenvalue weighted by Crippen LogP contribution is 2.32. The molecule has 4 heteroatoms. The van der Waals surface area contributed by atoms with E-state index in [2.05, 4.69) is 40.6 Å². The van der Waals surface area contributed by atoms with Crippen molar-refractivity contribution in [1.82, 2.24) is 10.3 Å². The first-order chi connectivity index (χ1) is 15.4. The summed E-state index contributed by atoms with van der Waals surface area (Å²) in [5.41, 5.74) is 4.66. The van der Waals surface area contributed by atoms with Crippen LogP contribution in [0.5, 0.6) is 0 Å². The number of carbonyl (C=O) groups excluding carboxylic acids is 1. The van der Waals surface area contributed by atoms with Gasteiger partial charge in [-0.15, -0.1) is 0 Å². The fraction of sp³-hybridized carbons (Fsp3) is 0.179. The Kier molecular flexibility index (Phi) is 6.13. The normalized spacial score (nSPS) is 13.0. The Morgan fingerprint density at radius 1 is 0.906 bits per heavy atom. The number of nitrogens with one attached hydrogen (secondary N) is 2. The van der Waals surface area contributed by atoms with Gasteiger partial charge in [0.2, 0.25) is 0 Å². The van der Waals surface area contributed by atoms with Crippen LogP contribution in [0.1, 0.15) is 43.5 Å². The summed E-state index contributed by atoms with van der Waals surface area (Å²) in [6, 6.07) is 28.0. The molecule has 0 spiro atoms. The summed E-state index contributed by atoms with van der Waals surface area (Å²) in [5.74, 6) is 0. The second-order valence-electron chi connectivity index (χ2n) is 8.73. The minimum atomic E-state index is -0.575. The van der Waals surface area contributed by atoms with Gasteiger partial charge in [0.15, 0.2) is 0 Å². The van der Waals surface area contributed by atoms with Crippen molar-refractivity contribution in [1.29, 1.82) is 0 Å². The second kappa shape index (κ2) is 9.15. The maximum atomic E-state index is 12.7. The first-order valence-electron chi connectivity index (χ1n) is 10.8. The molecular weight excluding hydrogens is 396 g/mol. The number of rotatable bonds is 5. The lowest BCUT2D eigenvalue weighted by Crippen LogP contribution is -2.34. The number of benzene rings is 3. The molecular formula is C28H28N2O2. The highest BCUT2D eigenvalue weighted by Gasteiger charge is 2.21. The summed E-state index contributed by atoms with van der Waals surface area (Å²) in [7, 11) is 0. The van der Waals surface area contributed by atoms with E-state index in [0.29, 0.717) is 0 Å². The van der Waals surface area contributed by atoms with Crippen LogP contribution in [0.2, 0.25) is 0 Å². The smallest absolute Gasteiger partial charge is 0.408 e. The lowest BCUT2D eigenvalue weighted by atomic mass is 9.93. The lowest BCUT2D eigenvalue weighted by Gasteiger charge is -2.23. The molecule has 2 N–H and O–H groups in total. The van der Waals surface area contributed by atoms with E-state index in [1.54, 1.807) is 0 Å². The zero-order valence-electron chi connectivity index (χ0n) is 18.6. The third-order valence-electron chi connectivity index (χ3n) is 5.13. The minimum absolute atomic E-state index is 0.366. The third-order valence-corrected chi connectivity index (χ3v) is 5.13. The molecule has 1 amide bonds. The third kappa shape index (κ3) is 5.09. The van der Waals surface area contributed by atoms with Crippen molar-refractivity contribution in [2.75, 3.05) is 0 Å². The number of aromatic amines is 1. The predicted octanol–water partition coefficient (Wildman–Crippen LogP) is 6.87. The van der Waals surface area contributed by atoms with Crippen LogP contribution in [0.3, 0.4) is 0 Å². The molecule has 162 valence electrons. The molecule has 0 radical (unpaired) electrons. The van der Waals surface area contributed by atoms with Crippen LogP contribution in [-0.4, -0.2) is 16.7 Å². The minimum Gasteiger partial charge on any atom is -0.444 e. The largest absolute Gasteiger partial charge is 0.444 e. The van der Waals surface area contributed by atoms with E-state index in [9.17, 15) is 4.79 Å². The number of hydrogen-bond acceptors (Lipinski definition) is 2. The molecule has 0 fully saturated rings.